The fraction of sp³-hybridized carbons (Fsp3) is 0.600. The lowest BCUT2D eigenvalue weighted by Gasteiger charge is -2.12. The monoisotopic (exact) mass is 349 g/mol. The molecular weight excluding hydrogens is 329 g/mol. The molecule has 1 fully saturated rings. The summed E-state index contributed by atoms with van der Waals surface area (Å²) in [7, 11) is -3.73. The first kappa shape index (κ1) is 17.7. The van der Waals surface area contributed by atoms with Gasteiger partial charge in [0.1, 0.15) is 10.7 Å². The summed E-state index contributed by atoms with van der Waals surface area (Å²) in [6.45, 7) is 2.30. The van der Waals surface area contributed by atoms with Gasteiger partial charge in [-0.15, -0.1) is 0 Å². The van der Waals surface area contributed by atoms with E-state index in [1.807, 2.05) is 0 Å². The Hall–Kier alpha value is -0.690. The van der Waals surface area contributed by atoms with Gasteiger partial charge in [-0.2, -0.15) is 0 Å². The molecule has 4 nitrogen and oxygen atoms in total. The third-order valence-electron chi connectivity index (χ3n) is 3.77. The summed E-state index contributed by atoms with van der Waals surface area (Å²) in [5.74, 6) is -0.520. The highest BCUT2D eigenvalue weighted by molar-refractivity contribution is 7.89. The third kappa shape index (κ3) is 4.65. The fourth-order valence-corrected chi connectivity index (χ4v) is 4.17. The van der Waals surface area contributed by atoms with Gasteiger partial charge >= 0.3 is 0 Å². The van der Waals surface area contributed by atoms with E-state index in [1.165, 1.54) is 25.8 Å². The molecule has 0 spiro atoms. The molecule has 1 aromatic carbocycles. The maximum atomic E-state index is 13.3. The molecule has 1 saturated carbocycles. The molecule has 0 atom stereocenters. The van der Waals surface area contributed by atoms with Crippen molar-refractivity contribution in [3.8, 4) is 0 Å². The molecule has 0 unspecified atom stereocenters. The minimum absolute atomic E-state index is 0.0928. The van der Waals surface area contributed by atoms with Gasteiger partial charge in [0.05, 0.1) is 11.1 Å². The number of benzene rings is 1. The largest absolute Gasteiger partial charge is 0.378 e. The van der Waals surface area contributed by atoms with Crippen LogP contribution in [-0.4, -0.2) is 27.7 Å². The molecule has 0 aliphatic heterocycles. The van der Waals surface area contributed by atoms with E-state index in [4.69, 9.17) is 16.3 Å². The second kappa shape index (κ2) is 7.73. The molecule has 0 bridgehead atoms. The predicted molar refractivity (Wildman–Crippen MR) is 84.2 cm³/mol. The highest BCUT2D eigenvalue weighted by atomic mass is 35.5. The van der Waals surface area contributed by atoms with Crippen molar-refractivity contribution >= 4 is 21.6 Å². The standard InChI is InChI=1S/C15H21ClFNO3S/c1-11-9-15(13(16)10-14(11)17)22(19,20)18-7-4-8-21-12-5-2-3-6-12/h9-10,12,18H,2-8H2,1H3. The molecule has 1 aliphatic rings. The maximum absolute atomic E-state index is 13.3. The van der Waals surface area contributed by atoms with Gasteiger partial charge in [-0.3, -0.25) is 0 Å². The Kier molecular flexibility index (Phi) is 6.20. The van der Waals surface area contributed by atoms with Crippen molar-refractivity contribution in [3.05, 3.63) is 28.5 Å². The number of nitrogens with one attached hydrogen (secondary N) is 1. The minimum Gasteiger partial charge on any atom is -0.378 e. The van der Waals surface area contributed by atoms with Gasteiger partial charge in [-0.1, -0.05) is 24.4 Å². The lowest BCUT2D eigenvalue weighted by molar-refractivity contribution is 0.0575. The van der Waals surface area contributed by atoms with Gasteiger partial charge < -0.3 is 4.74 Å². The molecule has 0 amide bonds. The summed E-state index contributed by atoms with van der Waals surface area (Å²) < 4.78 is 45.8. The normalized spacial score (nSPS) is 16.3. The van der Waals surface area contributed by atoms with E-state index >= 15 is 0 Å². The summed E-state index contributed by atoms with van der Waals surface area (Å²) >= 11 is 5.83. The van der Waals surface area contributed by atoms with Gasteiger partial charge in [0.15, 0.2) is 0 Å². The van der Waals surface area contributed by atoms with Crippen LogP contribution in [0.5, 0.6) is 0 Å². The van der Waals surface area contributed by atoms with Gasteiger partial charge in [0.2, 0.25) is 10.0 Å². The zero-order valence-electron chi connectivity index (χ0n) is 12.6. The second-order valence-corrected chi connectivity index (χ2v) is 7.70. The van der Waals surface area contributed by atoms with Crippen molar-refractivity contribution < 1.29 is 17.5 Å². The molecule has 1 aromatic rings. The van der Waals surface area contributed by atoms with E-state index in [0.29, 0.717) is 19.1 Å². The number of aryl methyl sites for hydroxylation is 1. The Labute approximate surface area is 136 Å². The topological polar surface area (TPSA) is 55.4 Å². The number of hydrogen-bond donors (Lipinski definition) is 1. The average molecular weight is 350 g/mol. The van der Waals surface area contributed by atoms with Gasteiger partial charge in [-0.05, 0) is 43.9 Å². The molecule has 1 aliphatic carbocycles. The van der Waals surface area contributed by atoms with Crippen molar-refractivity contribution in [1.82, 2.24) is 4.72 Å². The van der Waals surface area contributed by atoms with Crippen LogP contribution in [0.1, 0.15) is 37.7 Å². The predicted octanol–water partition coefficient (Wildman–Crippen LogP) is 3.42. The summed E-state index contributed by atoms with van der Waals surface area (Å²) in [6.07, 6.45) is 5.52. The Morgan fingerprint density at radius 3 is 2.73 bits per heavy atom. The number of halogens is 2. The Bertz CT molecular complexity index is 615. The van der Waals surface area contributed by atoms with Gasteiger partial charge in [-0.25, -0.2) is 17.5 Å². The highest BCUT2D eigenvalue weighted by Crippen LogP contribution is 2.24. The lowest BCUT2D eigenvalue weighted by Crippen LogP contribution is -2.26. The van der Waals surface area contributed by atoms with Crippen LogP contribution in [0.2, 0.25) is 5.02 Å². The van der Waals surface area contributed by atoms with E-state index < -0.39 is 15.8 Å². The number of ether oxygens (including phenoxy) is 1. The van der Waals surface area contributed by atoms with Crippen LogP contribution in [0.4, 0.5) is 4.39 Å². The zero-order valence-corrected chi connectivity index (χ0v) is 14.1. The molecule has 0 saturated heterocycles. The molecular formula is C15H21ClFNO3S. The molecule has 0 radical (unpaired) electrons. The quantitative estimate of drug-likeness (QED) is 0.767. The van der Waals surface area contributed by atoms with Crippen LogP contribution >= 0.6 is 11.6 Å². The van der Waals surface area contributed by atoms with Crippen LogP contribution in [0.15, 0.2) is 17.0 Å². The minimum atomic E-state index is -3.73. The van der Waals surface area contributed by atoms with Crippen LogP contribution in [0.25, 0.3) is 0 Å². The van der Waals surface area contributed by atoms with E-state index in [2.05, 4.69) is 4.72 Å². The summed E-state index contributed by atoms with van der Waals surface area (Å²) in [4.78, 5) is -0.0928. The zero-order chi connectivity index (χ0) is 16.2. The molecule has 7 heteroatoms. The molecule has 22 heavy (non-hydrogen) atoms. The number of hydrogen-bond acceptors (Lipinski definition) is 3. The van der Waals surface area contributed by atoms with Crippen LogP contribution in [0.3, 0.4) is 0 Å². The van der Waals surface area contributed by atoms with E-state index in [-0.39, 0.29) is 22.0 Å². The van der Waals surface area contributed by atoms with Crippen molar-refractivity contribution in [1.29, 1.82) is 0 Å². The fourth-order valence-electron chi connectivity index (χ4n) is 2.50. The van der Waals surface area contributed by atoms with Crippen molar-refractivity contribution in [2.24, 2.45) is 0 Å². The third-order valence-corrected chi connectivity index (χ3v) is 5.70. The molecule has 0 aromatic heterocycles. The molecule has 124 valence electrons. The molecule has 0 heterocycles. The summed E-state index contributed by atoms with van der Waals surface area (Å²) in [6, 6.07) is 2.27. The number of rotatable bonds is 7. The van der Waals surface area contributed by atoms with Crippen LogP contribution < -0.4 is 4.72 Å². The Morgan fingerprint density at radius 2 is 2.05 bits per heavy atom. The smallest absolute Gasteiger partial charge is 0.242 e. The van der Waals surface area contributed by atoms with E-state index in [0.717, 1.165) is 18.9 Å². The summed E-state index contributed by atoms with van der Waals surface area (Å²) in [5, 5.41) is -0.113. The number of sulfonamides is 1. The van der Waals surface area contributed by atoms with Crippen LogP contribution in [-0.2, 0) is 14.8 Å². The SMILES string of the molecule is Cc1cc(S(=O)(=O)NCCCOC2CCCC2)c(Cl)cc1F. The maximum Gasteiger partial charge on any atom is 0.242 e. The molecule has 1 N–H and O–H groups in total. The van der Waals surface area contributed by atoms with Gasteiger partial charge in [0.25, 0.3) is 0 Å². The highest BCUT2D eigenvalue weighted by Gasteiger charge is 2.19. The molecule has 2 rings (SSSR count). The second-order valence-electron chi connectivity index (χ2n) is 5.56. The first-order valence-electron chi connectivity index (χ1n) is 7.47. The Balaban J connectivity index is 1.84. The average Bonchev–Trinajstić information content (AvgIpc) is 2.95. The van der Waals surface area contributed by atoms with E-state index in [1.54, 1.807) is 0 Å². The van der Waals surface area contributed by atoms with Crippen molar-refractivity contribution in [3.63, 3.8) is 0 Å². The first-order valence-corrected chi connectivity index (χ1v) is 9.33. The van der Waals surface area contributed by atoms with E-state index in [9.17, 15) is 12.8 Å². The Morgan fingerprint density at radius 1 is 1.36 bits per heavy atom. The van der Waals surface area contributed by atoms with Gasteiger partial charge in [0, 0.05) is 13.2 Å². The summed E-state index contributed by atoms with van der Waals surface area (Å²) in [5.41, 5.74) is 0.245. The van der Waals surface area contributed by atoms with Crippen LogP contribution in [0, 0.1) is 12.7 Å². The lowest BCUT2D eigenvalue weighted by atomic mass is 10.2. The first-order chi connectivity index (χ1) is 10.4. The van der Waals surface area contributed by atoms with Crippen molar-refractivity contribution in [2.75, 3.05) is 13.2 Å². The van der Waals surface area contributed by atoms with Crippen molar-refractivity contribution in [2.45, 2.75) is 50.0 Å².